The van der Waals surface area contributed by atoms with Gasteiger partial charge in [-0.15, -0.1) is 0 Å². The van der Waals surface area contributed by atoms with Crippen molar-refractivity contribution < 1.29 is 22.7 Å². The number of hydrogen-bond acceptors (Lipinski definition) is 5. The molecule has 142 valence electrons. The lowest BCUT2D eigenvalue weighted by molar-refractivity contribution is -0.137. The topological polar surface area (TPSA) is 80.8 Å². The van der Waals surface area contributed by atoms with Gasteiger partial charge in [0.25, 0.3) is 5.91 Å². The van der Waals surface area contributed by atoms with Crippen LogP contribution in [0.3, 0.4) is 0 Å². The summed E-state index contributed by atoms with van der Waals surface area (Å²) in [5.74, 6) is 0.430. The molecule has 1 aliphatic carbocycles. The lowest BCUT2D eigenvalue weighted by Gasteiger charge is -2.34. The number of carbonyl (C=O) groups is 2. The van der Waals surface area contributed by atoms with E-state index in [-0.39, 0.29) is 41.9 Å². The van der Waals surface area contributed by atoms with Gasteiger partial charge < -0.3 is 9.64 Å². The molecule has 0 unspecified atom stereocenters. The van der Waals surface area contributed by atoms with Crippen LogP contribution in [0.4, 0.5) is 0 Å². The summed E-state index contributed by atoms with van der Waals surface area (Å²) in [5.41, 5.74) is 0.532. The maximum absolute atomic E-state index is 12.9. The number of ketones is 1. The van der Waals surface area contributed by atoms with Crippen molar-refractivity contribution in [2.75, 3.05) is 18.1 Å². The molecule has 1 aliphatic heterocycles. The summed E-state index contributed by atoms with van der Waals surface area (Å²) in [7, 11) is -3.06. The van der Waals surface area contributed by atoms with Gasteiger partial charge in [0.1, 0.15) is 5.75 Å². The summed E-state index contributed by atoms with van der Waals surface area (Å²) < 4.78 is 29.3. The van der Waals surface area contributed by atoms with E-state index >= 15 is 0 Å². The van der Waals surface area contributed by atoms with Crippen LogP contribution >= 0.6 is 0 Å². The zero-order chi connectivity index (χ0) is 18.7. The zero-order valence-corrected chi connectivity index (χ0v) is 15.8. The van der Waals surface area contributed by atoms with Crippen molar-refractivity contribution in [1.29, 1.82) is 0 Å². The Bertz CT molecular complexity index is 783. The van der Waals surface area contributed by atoms with Crippen molar-refractivity contribution in [3.05, 3.63) is 29.8 Å². The second kappa shape index (κ2) is 7.78. The fraction of sp³-hybridized carbons (Fsp3) is 0.579. The summed E-state index contributed by atoms with van der Waals surface area (Å²) >= 11 is 0. The normalized spacial score (nSPS) is 22.3. The summed E-state index contributed by atoms with van der Waals surface area (Å²) in [5, 5.41) is 0. The first-order valence-corrected chi connectivity index (χ1v) is 10.9. The highest BCUT2D eigenvalue weighted by Gasteiger charge is 2.39. The number of amides is 1. The molecule has 3 rings (SSSR count). The van der Waals surface area contributed by atoms with Crippen molar-refractivity contribution in [1.82, 2.24) is 4.90 Å². The second-order valence-electron chi connectivity index (χ2n) is 7.17. The van der Waals surface area contributed by atoms with Crippen LogP contribution < -0.4 is 4.74 Å². The van der Waals surface area contributed by atoms with Crippen molar-refractivity contribution in [3.8, 4) is 5.75 Å². The highest BCUT2D eigenvalue weighted by Crippen LogP contribution is 2.29. The fourth-order valence-corrected chi connectivity index (χ4v) is 5.62. The molecule has 1 aromatic rings. The molecule has 0 aromatic heterocycles. The van der Waals surface area contributed by atoms with Crippen LogP contribution in [0.2, 0.25) is 0 Å². The molecule has 7 heteroatoms. The molecule has 0 spiro atoms. The smallest absolute Gasteiger partial charge is 0.261 e. The molecular formula is C19H25NO5S. The first kappa shape index (κ1) is 18.9. The van der Waals surface area contributed by atoms with E-state index < -0.39 is 9.84 Å². The van der Waals surface area contributed by atoms with Crippen molar-refractivity contribution in [2.45, 2.75) is 51.1 Å². The standard InChI is InChI=1S/C19H25NO5S/c1-14(21)15-5-4-8-18(11-15)25-12-19(22)20(16-6-2-3-7-16)17-9-10-26(23,24)13-17/h4-5,8,11,16-17H,2-3,6-7,9-10,12-13H2,1H3/t17-/m0/s1. The number of rotatable bonds is 6. The van der Waals surface area contributed by atoms with E-state index in [2.05, 4.69) is 0 Å². The van der Waals surface area contributed by atoms with E-state index in [1.54, 1.807) is 29.2 Å². The molecular weight excluding hydrogens is 354 g/mol. The van der Waals surface area contributed by atoms with Gasteiger partial charge in [-0.2, -0.15) is 0 Å². The number of Topliss-reactive ketones (excluding diaryl/α,β-unsaturated/α-hetero) is 1. The maximum atomic E-state index is 12.9. The third-order valence-electron chi connectivity index (χ3n) is 5.21. The van der Waals surface area contributed by atoms with Gasteiger partial charge in [0.2, 0.25) is 0 Å². The van der Waals surface area contributed by atoms with Gasteiger partial charge in [-0.1, -0.05) is 25.0 Å². The van der Waals surface area contributed by atoms with Gasteiger partial charge >= 0.3 is 0 Å². The highest BCUT2D eigenvalue weighted by atomic mass is 32.2. The van der Waals surface area contributed by atoms with Gasteiger partial charge in [-0.05, 0) is 38.3 Å². The van der Waals surface area contributed by atoms with Crippen LogP contribution in [-0.4, -0.2) is 55.2 Å². The van der Waals surface area contributed by atoms with Crippen LogP contribution in [-0.2, 0) is 14.6 Å². The lowest BCUT2D eigenvalue weighted by atomic mass is 10.1. The van der Waals surface area contributed by atoms with E-state index in [1.165, 1.54) is 6.92 Å². The first-order valence-electron chi connectivity index (χ1n) is 9.11. The minimum absolute atomic E-state index is 0.0507. The van der Waals surface area contributed by atoms with Gasteiger partial charge in [-0.25, -0.2) is 8.42 Å². The van der Waals surface area contributed by atoms with E-state index in [1.807, 2.05) is 0 Å². The number of ether oxygens (including phenoxy) is 1. The molecule has 1 saturated carbocycles. The Hall–Kier alpha value is -1.89. The second-order valence-corrected chi connectivity index (χ2v) is 9.40. The molecule has 0 bridgehead atoms. The minimum atomic E-state index is -3.06. The van der Waals surface area contributed by atoms with Gasteiger partial charge in [0, 0.05) is 17.6 Å². The van der Waals surface area contributed by atoms with Crippen molar-refractivity contribution in [3.63, 3.8) is 0 Å². The minimum Gasteiger partial charge on any atom is -0.484 e. The average Bonchev–Trinajstić information content (AvgIpc) is 3.23. The number of hydrogen-bond donors (Lipinski definition) is 0. The molecule has 1 aromatic carbocycles. The van der Waals surface area contributed by atoms with Crippen molar-refractivity contribution in [2.24, 2.45) is 0 Å². The van der Waals surface area contributed by atoms with Gasteiger partial charge in [0.15, 0.2) is 22.2 Å². The zero-order valence-electron chi connectivity index (χ0n) is 15.0. The monoisotopic (exact) mass is 379 g/mol. The molecule has 2 fully saturated rings. The third-order valence-corrected chi connectivity index (χ3v) is 6.96. The molecule has 0 radical (unpaired) electrons. The first-order chi connectivity index (χ1) is 12.4. The van der Waals surface area contributed by atoms with Crippen LogP contribution in [0, 0.1) is 0 Å². The van der Waals surface area contributed by atoms with E-state index in [0.717, 1.165) is 25.7 Å². The Kier molecular flexibility index (Phi) is 5.65. The number of nitrogens with zero attached hydrogens (tertiary/aromatic N) is 1. The molecule has 26 heavy (non-hydrogen) atoms. The fourth-order valence-electron chi connectivity index (χ4n) is 3.91. The lowest BCUT2D eigenvalue weighted by Crippen LogP contribution is -2.48. The number of sulfone groups is 1. The largest absolute Gasteiger partial charge is 0.484 e. The third kappa shape index (κ3) is 4.44. The average molecular weight is 379 g/mol. The number of benzene rings is 1. The van der Waals surface area contributed by atoms with Gasteiger partial charge in [0.05, 0.1) is 11.5 Å². The maximum Gasteiger partial charge on any atom is 0.261 e. The van der Waals surface area contributed by atoms with E-state index in [9.17, 15) is 18.0 Å². The van der Waals surface area contributed by atoms with Crippen LogP contribution in [0.15, 0.2) is 24.3 Å². The summed E-state index contributed by atoms with van der Waals surface area (Å²) in [6.45, 7) is 1.33. The molecule has 6 nitrogen and oxygen atoms in total. The Labute approximate surface area is 154 Å². The Morgan fingerprint density at radius 3 is 2.50 bits per heavy atom. The molecule has 1 heterocycles. The molecule has 0 N–H and O–H groups in total. The molecule has 1 atom stereocenters. The Morgan fingerprint density at radius 2 is 1.88 bits per heavy atom. The Balaban J connectivity index is 1.69. The molecule has 2 aliphatic rings. The summed E-state index contributed by atoms with van der Waals surface area (Å²) in [4.78, 5) is 26.1. The summed E-state index contributed by atoms with van der Waals surface area (Å²) in [6, 6.07) is 6.60. The number of carbonyl (C=O) groups excluding carboxylic acids is 2. The molecule has 1 amide bonds. The quantitative estimate of drug-likeness (QED) is 0.708. The van der Waals surface area contributed by atoms with Crippen LogP contribution in [0.5, 0.6) is 5.75 Å². The Morgan fingerprint density at radius 1 is 1.15 bits per heavy atom. The summed E-state index contributed by atoms with van der Waals surface area (Å²) in [6.07, 6.45) is 4.47. The van der Waals surface area contributed by atoms with Crippen LogP contribution in [0.1, 0.15) is 49.4 Å². The predicted molar refractivity (Wildman–Crippen MR) is 98.1 cm³/mol. The van der Waals surface area contributed by atoms with Gasteiger partial charge in [-0.3, -0.25) is 9.59 Å². The SMILES string of the molecule is CC(=O)c1cccc(OCC(=O)N(C2CCCC2)[C@H]2CCS(=O)(=O)C2)c1. The van der Waals surface area contributed by atoms with Crippen molar-refractivity contribution >= 4 is 21.5 Å². The highest BCUT2D eigenvalue weighted by molar-refractivity contribution is 7.91. The van der Waals surface area contributed by atoms with E-state index in [0.29, 0.717) is 17.7 Å². The van der Waals surface area contributed by atoms with E-state index in [4.69, 9.17) is 4.74 Å². The molecule has 1 saturated heterocycles. The predicted octanol–water partition coefficient (Wildman–Crippen LogP) is 2.23. The van der Waals surface area contributed by atoms with Crippen LogP contribution in [0.25, 0.3) is 0 Å².